The molecule has 1 aromatic carbocycles. The standard InChI is InChI=1S/C19H19I/c1-2-3-4-5-7-10-16-13-18(15-19(20)14-16)17-11-8-6-9-12-17/h2-9,11,13-15,17H,1,10,12H2/b4-3-,7-5-. The Bertz CT molecular complexity index is 573. The van der Waals surface area contributed by atoms with Crippen LogP contribution in [0.5, 0.6) is 0 Å². The molecular weight excluding hydrogens is 355 g/mol. The van der Waals surface area contributed by atoms with Gasteiger partial charge in [-0.1, -0.05) is 67.3 Å². The predicted molar refractivity (Wildman–Crippen MR) is 97.0 cm³/mol. The largest absolute Gasteiger partial charge is 0.0991 e. The van der Waals surface area contributed by atoms with E-state index in [1.165, 1.54) is 14.7 Å². The summed E-state index contributed by atoms with van der Waals surface area (Å²) < 4.78 is 1.31. The number of allylic oxidation sites excluding steroid dienone is 9. The summed E-state index contributed by atoms with van der Waals surface area (Å²) in [7, 11) is 0. The molecule has 1 aliphatic carbocycles. The van der Waals surface area contributed by atoms with Crippen molar-refractivity contribution >= 4 is 22.6 Å². The Hall–Kier alpha value is -1.35. The minimum Gasteiger partial charge on any atom is -0.0991 e. The van der Waals surface area contributed by atoms with Gasteiger partial charge in [-0.15, -0.1) is 0 Å². The van der Waals surface area contributed by atoms with Crippen molar-refractivity contribution in [3.63, 3.8) is 0 Å². The highest BCUT2D eigenvalue weighted by molar-refractivity contribution is 14.1. The number of benzene rings is 1. The van der Waals surface area contributed by atoms with Crippen molar-refractivity contribution in [2.75, 3.05) is 0 Å². The van der Waals surface area contributed by atoms with Crippen LogP contribution in [-0.2, 0) is 6.42 Å². The van der Waals surface area contributed by atoms with Gasteiger partial charge in [0.15, 0.2) is 0 Å². The van der Waals surface area contributed by atoms with Gasteiger partial charge in [0.05, 0.1) is 0 Å². The average Bonchev–Trinajstić information content (AvgIpc) is 2.47. The second-order valence-corrected chi connectivity index (χ2v) is 6.05. The van der Waals surface area contributed by atoms with E-state index < -0.39 is 0 Å². The SMILES string of the molecule is C=C/C=C\C=C/Cc1cc(I)cc(C2C=CC=CC2)c1. The number of hydrogen-bond donors (Lipinski definition) is 0. The van der Waals surface area contributed by atoms with Crippen LogP contribution in [0, 0.1) is 3.57 Å². The van der Waals surface area contributed by atoms with Crippen LogP contribution in [0.2, 0.25) is 0 Å². The van der Waals surface area contributed by atoms with Crippen LogP contribution in [0.1, 0.15) is 23.5 Å². The van der Waals surface area contributed by atoms with E-state index in [2.05, 4.69) is 83.8 Å². The van der Waals surface area contributed by atoms with Gasteiger partial charge >= 0.3 is 0 Å². The van der Waals surface area contributed by atoms with E-state index in [0.717, 1.165) is 12.8 Å². The topological polar surface area (TPSA) is 0 Å². The molecule has 0 nitrogen and oxygen atoms in total. The Kier molecular flexibility index (Phi) is 6.06. The van der Waals surface area contributed by atoms with Gasteiger partial charge in [0.1, 0.15) is 0 Å². The highest BCUT2D eigenvalue weighted by Gasteiger charge is 2.09. The van der Waals surface area contributed by atoms with E-state index in [-0.39, 0.29) is 0 Å². The van der Waals surface area contributed by atoms with Crippen molar-refractivity contribution in [3.05, 3.63) is 94.2 Å². The maximum Gasteiger partial charge on any atom is 0.0136 e. The number of rotatable bonds is 5. The molecule has 0 aromatic heterocycles. The first-order valence-electron chi connectivity index (χ1n) is 6.86. The van der Waals surface area contributed by atoms with Crippen LogP contribution in [0.25, 0.3) is 0 Å². The molecule has 0 aliphatic heterocycles. The zero-order valence-electron chi connectivity index (χ0n) is 11.5. The fourth-order valence-corrected chi connectivity index (χ4v) is 3.02. The molecule has 1 aliphatic rings. The maximum atomic E-state index is 3.66. The summed E-state index contributed by atoms with van der Waals surface area (Å²) in [6.45, 7) is 3.66. The molecule has 1 unspecified atom stereocenters. The first kappa shape index (κ1) is 15.0. The second kappa shape index (κ2) is 8.05. The summed E-state index contributed by atoms with van der Waals surface area (Å²) in [6.07, 6.45) is 20.9. The quantitative estimate of drug-likeness (QED) is 0.456. The van der Waals surface area contributed by atoms with E-state index in [0.29, 0.717) is 5.92 Å². The minimum absolute atomic E-state index is 0.526. The van der Waals surface area contributed by atoms with Crippen molar-refractivity contribution < 1.29 is 0 Å². The minimum atomic E-state index is 0.526. The normalized spacial score (nSPS) is 18.1. The van der Waals surface area contributed by atoms with E-state index in [1.54, 1.807) is 6.08 Å². The molecule has 20 heavy (non-hydrogen) atoms. The smallest absolute Gasteiger partial charge is 0.0136 e. The van der Waals surface area contributed by atoms with E-state index in [9.17, 15) is 0 Å². The number of hydrogen-bond acceptors (Lipinski definition) is 0. The Morgan fingerprint density at radius 2 is 2.05 bits per heavy atom. The fourth-order valence-electron chi connectivity index (χ4n) is 2.26. The van der Waals surface area contributed by atoms with Crippen LogP contribution in [0.15, 0.2) is 79.5 Å². The van der Waals surface area contributed by atoms with Crippen molar-refractivity contribution in [3.8, 4) is 0 Å². The molecule has 0 N–H and O–H groups in total. The summed E-state index contributed by atoms with van der Waals surface area (Å²) in [5.74, 6) is 0.526. The third-order valence-corrected chi connectivity index (χ3v) is 3.86. The molecule has 0 spiro atoms. The second-order valence-electron chi connectivity index (χ2n) is 4.80. The summed E-state index contributed by atoms with van der Waals surface area (Å²) in [4.78, 5) is 0. The Balaban J connectivity index is 2.10. The van der Waals surface area contributed by atoms with Gasteiger partial charge in [-0.05, 0) is 58.7 Å². The molecule has 2 rings (SSSR count). The van der Waals surface area contributed by atoms with Crippen molar-refractivity contribution in [1.82, 2.24) is 0 Å². The Morgan fingerprint density at radius 1 is 1.15 bits per heavy atom. The first-order chi connectivity index (χ1) is 9.79. The molecule has 0 saturated carbocycles. The van der Waals surface area contributed by atoms with Gasteiger partial charge < -0.3 is 0 Å². The van der Waals surface area contributed by atoms with Crippen LogP contribution >= 0.6 is 22.6 Å². The third-order valence-electron chi connectivity index (χ3n) is 3.24. The summed E-state index contributed by atoms with van der Waals surface area (Å²) >= 11 is 2.41. The lowest BCUT2D eigenvalue weighted by Crippen LogP contribution is -1.98. The average molecular weight is 374 g/mol. The predicted octanol–water partition coefficient (Wildman–Crippen LogP) is 5.73. The zero-order valence-corrected chi connectivity index (χ0v) is 13.7. The molecule has 1 aromatic rings. The van der Waals surface area contributed by atoms with Crippen molar-refractivity contribution in [2.24, 2.45) is 0 Å². The van der Waals surface area contributed by atoms with E-state index in [4.69, 9.17) is 0 Å². The van der Waals surface area contributed by atoms with Crippen LogP contribution in [-0.4, -0.2) is 0 Å². The molecule has 0 radical (unpaired) electrons. The monoisotopic (exact) mass is 374 g/mol. The zero-order chi connectivity index (χ0) is 14.2. The molecule has 102 valence electrons. The summed E-state index contributed by atoms with van der Waals surface area (Å²) in [6, 6.07) is 6.88. The van der Waals surface area contributed by atoms with Crippen molar-refractivity contribution in [1.29, 1.82) is 0 Å². The highest BCUT2D eigenvalue weighted by atomic mass is 127. The summed E-state index contributed by atoms with van der Waals surface area (Å²) in [5.41, 5.74) is 2.79. The fraction of sp³-hybridized carbons (Fsp3) is 0.158. The summed E-state index contributed by atoms with van der Waals surface area (Å²) in [5, 5.41) is 0. The molecule has 1 heteroatoms. The van der Waals surface area contributed by atoms with Gasteiger partial charge in [0, 0.05) is 9.49 Å². The molecule has 0 heterocycles. The molecule has 0 fully saturated rings. The molecular formula is C19H19I. The van der Waals surface area contributed by atoms with Crippen molar-refractivity contribution in [2.45, 2.75) is 18.8 Å². The Labute approximate surface area is 135 Å². The van der Waals surface area contributed by atoms with Gasteiger partial charge in [0.2, 0.25) is 0 Å². The van der Waals surface area contributed by atoms with Gasteiger partial charge in [-0.25, -0.2) is 0 Å². The molecule has 0 amide bonds. The molecule has 1 atom stereocenters. The van der Waals surface area contributed by atoms with E-state index in [1.807, 2.05) is 12.2 Å². The molecule has 0 saturated heterocycles. The van der Waals surface area contributed by atoms with E-state index >= 15 is 0 Å². The highest BCUT2D eigenvalue weighted by Crippen LogP contribution is 2.27. The van der Waals surface area contributed by atoms with Crippen LogP contribution < -0.4 is 0 Å². The lowest BCUT2D eigenvalue weighted by molar-refractivity contribution is 0.850. The Morgan fingerprint density at radius 3 is 2.80 bits per heavy atom. The lowest BCUT2D eigenvalue weighted by Gasteiger charge is -2.15. The lowest BCUT2D eigenvalue weighted by atomic mass is 9.91. The van der Waals surface area contributed by atoms with Gasteiger partial charge in [-0.3, -0.25) is 0 Å². The first-order valence-corrected chi connectivity index (χ1v) is 7.94. The molecule has 0 bridgehead atoms. The van der Waals surface area contributed by atoms with Crippen LogP contribution in [0.3, 0.4) is 0 Å². The third kappa shape index (κ3) is 4.64. The van der Waals surface area contributed by atoms with Gasteiger partial charge in [0.25, 0.3) is 0 Å². The van der Waals surface area contributed by atoms with Gasteiger partial charge in [-0.2, -0.15) is 0 Å². The number of halogens is 1. The maximum absolute atomic E-state index is 3.66. The van der Waals surface area contributed by atoms with Crippen LogP contribution in [0.4, 0.5) is 0 Å².